The molecule has 1 atom stereocenters. The maximum atomic E-state index is 11.9. The molecule has 144 valence electrons. The summed E-state index contributed by atoms with van der Waals surface area (Å²) in [4.78, 5) is 14.2. The standard InChI is InChI=1S/C21H23Cl3N2O/c1-16(17(2)25-20(27)21(22,23)24)13-26(14-18-9-5-3-6-10-18)15-19-11-7-4-8-12-19/h3-12,17H,1,13-15H2,2H3,(H,25,27). The van der Waals surface area contributed by atoms with Crippen molar-refractivity contribution >= 4 is 40.7 Å². The number of halogens is 3. The van der Waals surface area contributed by atoms with Crippen LogP contribution in [0, 0.1) is 0 Å². The zero-order valence-electron chi connectivity index (χ0n) is 15.2. The molecular formula is C21H23Cl3N2O. The summed E-state index contributed by atoms with van der Waals surface area (Å²) in [5, 5.41) is 2.69. The van der Waals surface area contributed by atoms with E-state index in [9.17, 15) is 4.79 Å². The van der Waals surface area contributed by atoms with Crippen LogP contribution in [0.3, 0.4) is 0 Å². The van der Waals surface area contributed by atoms with E-state index < -0.39 is 9.70 Å². The van der Waals surface area contributed by atoms with E-state index in [1.165, 1.54) is 11.1 Å². The van der Waals surface area contributed by atoms with Gasteiger partial charge in [-0.1, -0.05) is 102 Å². The number of alkyl halides is 3. The van der Waals surface area contributed by atoms with Gasteiger partial charge >= 0.3 is 0 Å². The van der Waals surface area contributed by atoms with Crippen molar-refractivity contribution in [2.45, 2.75) is 29.8 Å². The van der Waals surface area contributed by atoms with Gasteiger partial charge in [0.25, 0.3) is 9.70 Å². The van der Waals surface area contributed by atoms with Gasteiger partial charge in [-0.2, -0.15) is 0 Å². The third kappa shape index (κ3) is 7.55. The lowest BCUT2D eigenvalue weighted by atomic mass is 10.1. The molecule has 2 aromatic carbocycles. The van der Waals surface area contributed by atoms with Crippen LogP contribution in [-0.2, 0) is 17.9 Å². The number of amides is 1. The lowest BCUT2D eigenvalue weighted by Gasteiger charge is -2.27. The highest BCUT2D eigenvalue weighted by Gasteiger charge is 2.31. The number of carbonyl (C=O) groups excluding carboxylic acids is 1. The first-order chi connectivity index (χ1) is 12.8. The maximum Gasteiger partial charge on any atom is 0.272 e. The Morgan fingerprint density at radius 3 is 1.85 bits per heavy atom. The number of benzene rings is 2. The van der Waals surface area contributed by atoms with Crippen LogP contribution in [0.2, 0.25) is 0 Å². The van der Waals surface area contributed by atoms with Crippen molar-refractivity contribution in [3.05, 3.63) is 83.9 Å². The van der Waals surface area contributed by atoms with Gasteiger partial charge in [-0.15, -0.1) is 0 Å². The van der Waals surface area contributed by atoms with E-state index in [2.05, 4.69) is 41.1 Å². The van der Waals surface area contributed by atoms with Crippen LogP contribution < -0.4 is 5.32 Å². The van der Waals surface area contributed by atoms with E-state index >= 15 is 0 Å². The van der Waals surface area contributed by atoms with Gasteiger partial charge in [0.1, 0.15) is 0 Å². The minimum atomic E-state index is -1.98. The molecule has 0 aliphatic heterocycles. The highest BCUT2D eigenvalue weighted by Crippen LogP contribution is 2.26. The summed E-state index contributed by atoms with van der Waals surface area (Å²) >= 11 is 16.9. The molecule has 0 radical (unpaired) electrons. The fourth-order valence-electron chi connectivity index (χ4n) is 2.66. The van der Waals surface area contributed by atoms with Crippen LogP contribution in [-0.4, -0.2) is 27.2 Å². The quantitative estimate of drug-likeness (QED) is 0.470. The Balaban J connectivity index is 2.06. The van der Waals surface area contributed by atoms with Crippen LogP contribution in [0.15, 0.2) is 72.8 Å². The third-order valence-electron chi connectivity index (χ3n) is 4.14. The molecule has 0 saturated heterocycles. The summed E-state index contributed by atoms with van der Waals surface area (Å²) in [6.45, 7) is 8.09. The van der Waals surface area contributed by atoms with E-state index in [1.54, 1.807) is 0 Å². The number of hydrogen-bond donors (Lipinski definition) is 1. The molecule has 1 N–H and O–H groups in total. The van der Waals surface area contributed by atoms with Crippen molar-refractivity contribution in [1.29, 1.82) is 0 Å². The number of hydrogen-bond acceptors (Lipinski definition) is 2. The molecule has 6 heteroatoms. The van der Waals surface area contributed by atoms with Gasteiger partial charge in [0, 0.05) is 25.7 Å². The van der Waals surface area contributed by atoms with Crippen molar-refractivity contribution in [1.82, 2.24) is 10.2 Å². The summed E-state index contributed by atoms with van der Waals surface area (Å²) < 4.78 is -1.98. The second-order valence-electron chi connectivity index (χ2n) is 6.47. The van der Waals surface area contributed by atoms with Crippen molar-refractivity contribution in [3.63, 3.8) is 0 Å². The number of nitrogens with zero attached hydrogens (tertiary/aromatic N) is 1. The minimum Gasteiger partial charge on any atom is -0.346 e. The average molecular weight is 426 g/mol. The molecule has 0 aliphatic carbocycles. The second-order valence-corrected chi connectivity index (χ2v) is 8.75. The predicted molar refractivity (Wildman–Crippen MR) is 114 cm³/mol. The van der Waals surface area contributed by atoms with Gasteiger partial charge in [-0.05, 0) is 23.6 Å². The van der Waals surface area contributed by atoms with Gasteiger partial charge < -0.3 is 5.32 Å². The molecule has 0 fully saturated rings. The predicted octanol–water partition coefficient (Wildman–Crippen LogP) is 5.12. The fraction of sp³-hybridized carbons (Fsp3) is 0.286. The van der Waals surface area contributed by atoms with Crippen molar-refractivity contribution in [2.24, 2.45) is 0 Å². The molecule has 3 nitrogen and oxygen atoms in total. The molecule has 2 rings (SSSR count). The molecule has 2 aromatic rings. The van der Waals surface area contributed by atoms with Crippen LogP contribution >= 0.6 is 34.8 Å². The Bertz CT molecular complexity index is 704. The molecule has 0 saturated carbocycles. The first-order valence-electron chi connectivity index (χ1n) is 8.61. The average Bonchev–Trinajstić information content (AvgIpc) is 2.62. The summed E-state index contributed by atoms with van der Waals surface area (Å²) in [6.07, 6.45) is 0. The smallest absolute Gasteiger partial charge is 0.272 e. The molecule has 1 unspecified atom stereocenters. The molecule has 0 spiro atoms. The van der Waals surface area contributed by atoms with Gasteiger partial charge in [-0.25, -0.2) is 0 Å². The van der Waals surface area contributed by atoms with Crippen molar-refractivity contribution in [3.8, 4) is 0 Å². The second kappa shape index (κ2) is 10.1. The van der Waals surface area contributed by atoms with Gasteiger partial charge in [0.05, 0.1) is 0 Å². The maximum absolute atomic E-state index is 11.9. The Labute approximate surface area is 175 Å². The summed E-state index contributed by atoms with van der Waals surface area (Å²) in [5.41, 5.74) is 3.25. The monoisotopic (exact) mass is 424 g/mol. The van der Waals surface area contributed by atoms with E-state index in [1.807, 2.05) is 43.3 Å². The van der Waals surface area contributed by atoms with Crippen molar-refractivity contribution < 1.29 is 4.79 Å². The zero-order valence-corrected chi connectivity index (χ0v) is 17.4. The molecule has 0 aromatic heterocycles. The largest absolute Gasteiger partial charge is 0.346 e. The van der Waals surface area contributed by atoms with Gasteiger partial charge in [0.15, 0.2) is 0 Å². The SMILES string of the molecule is C=C(CN(Cc1ccccc1)Cc1ccccc1)C(C)NC(=O)C(Cl)(Cl)Cl. The molecule has 0 bridgehead atoms. The first kappa shape index (κ1) is 21.8. The first-order valence-corrected chi connectivity index (χ1v) is 9.74. The zero-order chi connectivity index (χ0) is 19.9. The lowest BCUT2D eigenvalue weighted by molar-refractivity contribution is -0.120. The Kier molecular flexibility index (Phi) is 8.18. The van der Waals surface area contributed by atoms with Crippen LogP contribution in [0.4, 0.5) is 0 Å². The highest BCUT2D eigenvalue weighted by molar-refractivity contribution is 6.76. The van der Waals surface area contributed by atoms with E-state index in [4.69, 9.17) is 34.8 Å². The summed E-state index contributed by atoms with van der Waals surface area (Å²) in [6, 6.07) is 20.1. The normalized spacial score (nSPS) is 12.6. The summed E-state index contributed by atoms with van der Waals surface area (Å²) in [5.74, 6) is -0.654. The third-order valence-corrected chi connectivity index (χ3v) is 4.66. The Hall–Kier alpha value is -1.52. The molecule has 27 heavy (non-hydrogen) atoms. The topological polar surface area (TPSA) is 32.3 Å². The van der Waals surface area contributed by atoms with E-state index in [0.29, 0.717) is 6.54 Å². The van der Waals surface area contributed by atoms with Crippen LogP contribution in [0.25, 0.3) is 0 Å². The summed E-state index contributed by atoms with van der Waals surface area (Å²) in [7, 11) is 0. The van der Waals surface area contributed by atoms with Crippen LogP contribution in [0.5, 0.6) is 0 Å². The minimum absolute atomic E-state index is 0.317. The Morgan fingerprint density at radius 1 is 1.00 bits per heavy atom. The molecule has 0 aliphatic rings. The van der Waals surface area contributed by atoms with Crippen molar-refractivity contribution in [2.75, 3.05) is 6.54 Å². The van der Waals surface area contributed by atoms with Gasteiger partial charge in [-0.3, -0.25) is 9.69 Å². The highest BCUT2D eigenvalue weighted by atomic mass is 35.6. The van der Waals surface area contributed by atoms with Crippen LogP contribution in [0.1, 0.15) is 18.1 Å². The molecule has 0 heterocycles. The fourth-order valence-corrected chi connectivity index (χ4v) is 2.82. The molecular weight excluding hydrogens is 403 g/mol. The number of nitrogens with one attached hydrogen (secondary N) is 1. The van der Waals surface area contributed by atoms with E-state index in [0.717, 1.165) is 18.7 Å². The van der Waals surface area contributed by atoms with Gasteiger partial charge in [0.2, 0.25) is 0 Å². The van der Waals surface area contributed by atoms with E-state index in [-0.39, 0.29) is 6.04 Å². The Morgan fingerprint density at radius 2 is 1.44 bits per heavy atom. The molecule has 1 amide bonds. The number of carbonyl (C=O) groups is 1. The number of rotatable bonds is 8. The lowest BCUT2D eigenvalue weighted by Crippen LogP contribution is -2.42.